The molecule has 0 saturated heterocycles. The van der Waals surface area contributed by atoms with Crippen LogP contribution in [0.1, 0.15) is 144 Å². The molecule has 1 heterocycles. The third-order valence-corrected chi connectivity index (χ3v) is 12.6. The molecule has 289 valence electrons. The maximum atomic E-state index is 12.2. The topological polar surface area (TPSA) is 50.2 Å². The van der Waals surface area contributed by atoms with Gasteiger partial charge in [0, 0.05) is 53.5 Å². The zero-order valence-corrected chi connectivity index (χ0v) is 37.4. The van der Waals surface area contributed by atoms with Crippen molar-refractivity contribution in [2.75, 3.05) is 0 Å². The number of carbonyl (C=O) groups is 1. The van der Waals surface area contributed by atoms with Gasteiger partial charge in [-0.2, -0.15) is 0 Å². The number of carbonyl (C=O) groups excluding carboxylic acids is 1. The Morgan fingerprint density at radius 2 is 1.37 bits per heavy atom. The van der Waals surface area contributed by atoms with Crippen LogP contribution in [-0.2, 0) is 35.7 Å². The second-order valence-corrected chi connectivity index (χ2v) is 17.6. The van der Waals surface area contributed by atoms with E-state index in [2.05, 4.69) is 127 Å². The summed E-state index contributed by atoms with van der Waals surface area (Å²) in [4.78, 5) is 17.5. The molecule has 0 bridgehead atoms. The molecule has 4 heteroatoms. The van der Waals surface area contributed by atoms with Gasteiger partial charge in [-0.05, 0) is 70.9 Å². The van der Waals surface area contributed by atoms with Gasteiger partial charge >= 0.3 is 0 Å². The second-order valence-electron chi connectivity index (χ2n) is 17.6. The standard InChI is InChI=1S/C35H34N.C15H28O2.Ir/c1-21(2)24-16-12-17-27-30-32(35(6,7)31(24)27)26-15-10-11-18-29(26)36-33(30)23-19-22-13-8-9-14-25(22)28(20-23)34(3,4)5;1-7-14(5,8-2)12(16)11-13(17)15(6,9-3)10-4;/h8-18,20-21H,1-7H3;11,16H,7-10H2,1-6H3;/q-1;;/b;12-11-;. The first-order chi connectivity index (χ1) is 24.9. The molecule has 0 saturated carbocycles. The Bertz CT molecular complexity index is 2170. The summed E-state index contributed by atoms with van der Waals surface area (Å²) in [6.45, 7) is 28.4. The van der Waals surface area contributed by atoms with Gasteiger partial charge in [0.25, 0.3) is 0 Å². The normalized spacial score (nSPS) is 14.0. The Labute approximate surface area is 339 Å². The van der Waals surface area contributed by atoms with Gasteiger partial charge in [-0.15, -0.1) is 29.1 Å². The molecule has 0 atom stereocenters. The van der Waals surface area contributed by atoms with Crippen molar-refractivity contribution in [1.29, 1.82) is 0 Å². The molecule has 6 rings (SSSR count). The molecular formula is C50H62IrNO2-. The van der Waals surface area contributed by atoms with Gasteiger partial charge < -0.3 is 5.11 Å². The molecule has 0 aliphatic heterocycles. The van der Waals surface area contributed by atoms with E-state index in [9.17, 15) is 9.90 Å². The predicted molar refractivity (Wildman–Crippen MR) is 227 cm³/mol. The van der Waals surface area contributed by atoms with Crippen LogP contribution in [0.2, 0.25) is 0 Å². The van der Waals surface area contributed by atoms with Crippen LogP contribution in [0.15, 0.2) is 84.6 Å². The minimum absolute atomic E-state index is 0. The quantitative estimate of drug-likeness (QED) is 0.0911. The van der Waals surface area contributed by atoms with Gasteiger partial charge in [0.05, 0.1) is 5.52 Å². The van der Waals surface area contributed by atoms with Crippen LogP contribution in [0, 0.1) is 16.9 Å². The molecule has 1 aliphatic rings. The van der Waals surface area contributed by atoms with E-state index < -0.39 is 0 Å². The largest absolute Gasteiger partial charge is 0.512 e. The van der Waals surface area contributed by atoms with E-state index >= 15 is 0 Å². The van der Waals surface area contributed by atoms with E-state index in [0.717, 1.165) is 47.8 Å². The van der Waals surface area contributed by atoms with E-state index in [1.807, 2.05) is 41.5 Å². The SMILES string of the molecule is CC(C)c1cccc2c1C(C)(C)c1c-2c(-c2[c-]c3ccccc3c(C(C)(C)C)c2)nc2ccccc12.CCC(C)(CC)C(=O)/C=C(\O)C(C)(CC)CC.[Ir]. The van der Waals surface area contributed by atoms with E-state index in [0.29, 0.717) is 5.92 Å². The van der Waals surface area contributed by atoms with Gasteiger partial charge in [0.2, 0.25) is 0 Å². The zero-order valence-electron chi connectivity index (χ0n) is 35.0. The van der Waals surface area contributed by atoms with E-state index in [4.69, 9.17) is 4.98 Å². The number of aliphatic hydroxyl groups is 1. The molecule has 1 N–H and O–H groups in total. The summed E-state index contributed by atoms with van der Waals surface area (Å²) in [6, 6.07) is 30.3. The number of allylic oxidation sites excluding steroid dienone is 2. The first kappa shape index (κ1) is 43.1. The molecule has 0 spiro atoms. The van der Waals surface area contributed by atoms with Crippen LogP contribution in [-0.4, -0.2) is 15.9 Å². The number of aliphatic hydroxyl groups excluding tert-OH is 1. The van der Waals surface area contributed by atoms with Crippen LogP contribution in [0.5, 0.6) is 0 Å². The van der Waals surface area contributed by atoms with Gasteiger partial charge in [-0.25, -0.2) is 0 Å². The molecule has 0 fully saturated rings. The average Bonchev–Trinajstić information content (AvgIpc) is 3.39. The summed E-state index contributed by atoms with van der Waals surface area (Å²) in [7, 11) is 0. The summed E-state index contributed by atoms with van der Waals surface area (Å²) in [5.41, 5.74) is 10.7. The van der Waals surface area contributed by atoms with Crippen molar-refractivity contribution in [3.05, 3.63) is 113 Å². The summed E-state index contributed by atoms with van der Waals surface area (Å²) in [5.74, 6) is 0.740. The fourth-order valence-corrected chi connectivity index (χ4v) is 8.06. The molecule has 1 aliphatic carbocycles. The van der Waals surface area contributed by atoms with Crippen molar-refractivity contribution in [3.63, 3.8) is 0 Å². The molecule has 0 unspecified atom stereocenters. The van der Waals surface area contributed by atoms with Crippen LogP contribution in [0.25, 0.3) is 44.1 Å². The maximum Gasteiger partial charge on any atom is 0.164 e. The van der Waals surface area contributed by atoms with Crippen molar-refractivity contribution in [2.45, 2.75) is 132 Å². The Morgan fingerprint density at radius 1 is 0.796 bits per heavy atom. The summed E-state index contributed by atoms with van der Waals surface area (Å²) < 4.78 is 0. The molecule has 1 aromatic heterocycles. The van der Waals surface area contributed by atoms with Crippen molar-refractivity contribution in [1.82, 2.24) is 4.98 Å². The van der Waals surface area contributed by atoms with E-state index in [1.165, 1.54) is 50.2 Å². The minimum Gasteiger partial charge on any atom is -0.512 e. The molecule has 54 heavy (non-hydrogen) atoms. The summed E-state index contributed by atoms with van der Waals surface area (Å²) in [6.07, 6.45) is 4.75. The molecular weight excluding hydrogens is 839 g/mol. The number of ketones is 1. The summed E-state index contributed by atoms with van der Waals surface area (Å²) >= 11 is 0. The molecule has 1 radical (unpaired) electrons. The number of pyridine rings is 1. The number of benzene rings is 4. The average molecular weight is 901 g/mol. The number of aromatic nitrogens is 1. The van der Waals surface area contributed by atoms with Crippen LogP contribution in [0.4, 0.5) is 0 Å². The number of rotatable bonds is 9. The van der Waals surface area contributed by atoms with Gasteiger partial charge in [-0.3, -0.25) is 9.78 Å². The predicted octanol–water partition coefficient (Wildman–Crippen LogP) is 14.2. The second kappa shape index (κ2) is 16.3. The molecule has 3 nitrogen and oxygen atoms in total. The monoisotopic (exact) mass is 901 g/mol. The molecule has 5 aromatic rings. The zero-order chi connectivity index (χ0) is 39.1. The Morgan fingerprint density at radius 3 is 1.94 bits per heavy atom. The maximum absolute atomic E-state index is 12.2. The van der Waals surface area contributed by atoms with E-state index in [-0.39, 0.29) is 53.3 Å². The first-order valence-corrected chi connectivity index (χ1v) is 19.9. The van der Waals surface area contributed by atoms with Gasteiger partial charge in [-0.1, -0.05) is 156 Å². The molecule has 0 amide bonds. The number of para-hydroxylation sites is 1. The van der Waals surface area contributed by atoms with Crippen LogP contribution < -0.4 is 0 Å². The smallest absolute Gasteiger partial charge is 0.164 e. The third-order valence-electron chi connectivity index (χ3n) is 12.6. The van der Waals surface area contributed by atoms with Crippen LogP contribution >= 0.6 is 0 Å². The van der Waals surface area contributed by atoms with Crippen molar-refractivity contribution in [3.8, 4) is 22.4 Å². The molecule has 4 aromatic carbocycles. The Hall–Kier alpha value is -3.59. The Balaban J connectivity index is 0.000000309. The summed E-state index contributed by atoms with van der Waals surface area (Å²) in [5, 5.41) is 13.8. The minimum atomic E-state index is -0.337. The van der Waals surface area contributed by atoms with Gasteiger partial charge in [0.1, 0.15) is 5.76 Å². The number of fused-ring (bicyclic) bond motifs is 6. The van der Waals surface area contributed by atoms with Crippen molar-refractivity contribution in [2.24, 2.45) is 10.8 Å². The number of hydrogen-bond donors (Lipinski definition) is 1. The van der Waals surface area contributed by atoms with Crippen molar-refractivity contribution >= 4 is 27.5 Å². The fraction of sp³-hybridized carbons (Fsp3) is 0.440. The number of hydrogen-bond acceptors (Lipinski definition) is 3. The van der Waals surface area contributed by atoms with Crippen molar-refractivity contribution < 1.29 is 30.0 Å². The fourth-order valence-electron chi connectivity index (χ4n) is 8.06. The Kier molecular flexibility index (Phi) is 13.0. The van der Waals surface area contributed by atoms with Crippen LogP contribution in [0.3, 0.4) is 0 Å². The van der Waals surface area contributed by atoms with E-state index in [1.54, 1.807) is 0 Å². The van der Waals surface area contributed by atoms with Gasteiger partial charge in [0.15, 0.2) is 5.78 Å². The first-order valence-electron chi connectivity index (χ1n) is 19.9. The number of nitrogens with zero attached hydrogens (tertiary/aromatic N) is 1. The third kappa shape index (κ3) is 7.76.